The Morgan fingerprint density at radius 3 is 1.41 bits per heavy atom. The fourth-order valence-electron chi connectivity index (χ4n) is 6.38. The minimum Gasteiger partial charge on any atom is -0.391 e. The molecule has 9 atom stereocenters. The van der Waals surface area contributed by atoms with E-state index in [-0.39, 0.29) is 12.3 Å². The zero-order valence-electron chi connectivity index (χ0n) is 30.5. The van der Waals surface area contributed by atoms with Gasteiger partial charge in [0.25, 0.3) is 0 Å². The minimum absolute atomic E-state index is 0.241. The molecule has 1 fully saturated rings. The van der Waals surface area contributed by atoms with E-state index in [0.717, 1.165) is 38.5 Å². The lowest BCUT2D eigenvalue weighted by atomic mass is 9.85. The van der Waals surface area contributed by atoms with Gasteiger partial charge in [-0.3, -0.25) is 13.8 Å². The largest absolute Gasteiger partial charge is 0.472 e. The van der Waals surface area contributed by atoms with Crippen molar-refractivity contribution in [3.63, 3.8) is 0 Å². The van der Waals surface area contributed by atoms with Crippen LogP contribution in [-0.4, -0.2) is 96.8 Å². The first-order valence-corrected chi connectivity index (χ1v) is 21.0. The van der Waals surface area contributed by atoms with Crippen molar-refractivity contribution in [1.29, 1.82) is 0 Å². The topological polar surface area (TPSA) is 206 Å². The summed E-state index contributed by atoms with van der Waals surface area (Å²) >= 11 is 0. The van der Waals surface area contributed by atoms with Crippen molar-refractivity contribution in [2.75, 3.05) is 6.61 Å². The first-order valence-electron chi connectivity index (χ1n) is 19.5. The van der Waals surface area contributed by atoms with Crippen molar-refractivity contribution >= 4 is 13.7 Å². The van der Waals surface area contributed by atoms with Crippen LogP contribution in [0.4, 0.5) is 0 Å². The van der Waals surface area contributed by atoms with E-state index in [2.05, 4.69) is 19.2 Å². The van der Waals surface area contributed by atoms with Crippen molar-refractivity contribution in [3.8, 4) is 0 Å². The molecule has 0 aromatic heterocycles. The Balaban J connectivity index is 2.56. The zero-order chi connectivity index (χ0) is 36.5. The average Bonchev–Trinajstić information content (AvgIpc) is 3.08. The highest BCUT2D eigenvalue weighted by Gasteiger charge is 2.51. The van der Waals surface area contributed by atoms with Crippen molar-refractivity contribution in [2.24, 2.45) is 0 Å². The van der Waals surface area contributed by atoms with Crippen LogP contribution in [0.25, 0.3) is 0 Å². The van der Waals surface area contributed by atoms with Crippen LogP contribution in [0.1, 0.15) is 168 Å². The lowest BCUT2D eigenvalue weighted by molar-refractivity contribution is -0.220. The number of rotatable bonds is 31. The van der Waals surface area contributed by atoms with E-state index in [1.165, 1.54) is 89.9 Å². The molecule has 0 spiro atoms. The normalized spacial score (nSPS) is 25.2. The van der Waals surface area contributed by atoms with Crippen LogP contribution in [0.5, 0.6) is 0 Å². The summed E-state index contributed by atoms with van der Waals surface area (Å²) in [5.41, 5.74) is 0. The van der Waals surface area contributed by atoms with Crippen molar-refractivity contribution in [1.82, 2.24) is 5.32 Å². The number of carbonyl (C=O) groups is 1. The molecular formula is C36H72NO11P. The summed E-state index contributed by atoms with van der Waals surface area (Å²) in [4.78, 5) is 23.2. The molecule has 0 heterocycles. The number of hydrogen-bond donors (Lipinski definition) is 8. The second-order valence-electron chi connectivity index (χ2n) is 14.1. The molecule has 8 N–H and O–H groups in total. The fourth-order valence-corrected chi connectivity index (χ4v) is 7.34. The van der Waals surface area contributed by atoms with Crippen LogP contribution in [0, 0.1) is 0 Å². The molecule has 0 aliphatic heterocycles. The Hall–Kier alpha value is -0.660. The monoisotopic (exact) mass is 725 g/mol. The van der Waals surface area contributed by atoms with Crippen LogP contribution < -0.4 is 5.32 Å². The van der Waals surface area contributed by atoms with Gasteiger partial charge in [-0.25, -0.2) is 4.57 Å². The third kappa shape index (κ3) is 20.8. The molecule has 6 unspecified atom stereocenters. The number of unbranched alkanes of at least 4 members (excludes halogenated alkanes) is 20. The summed E-state index contributed by atoms with van der Waals surface area (Å²) < 4.78 is 22.8. The molecular weight excluding hydrogens is 653 g/mol. The van der Waals surface area contributed by atoms with Crippen LogP contribution in [0.3, 0.4) is 0 Å². The first-order chi connectivity index (χ1) is 23.4. The molecule has 1 aliphatic rings. The SMILES string of the molecule is CCCCCCCCCCCCCCC(=O)N[C@@H](COP(=O)(O)OC1C(O)C(O)C(O)[C@@H](O)C1O)[C@H](O)CCCCCCCCCCCC. The van der Waals surface area contributed by atoms with Gasteiger partial charge in [0.2, 0.25) is 5.91 Å². The lowest BCUT2D eigenvalue weighted by Crippen LogP contribution is -2.64. The Kier molecular flexibility index (Phi) is 26.4. The molecule has 1 rings (SSSR count). The number of phosphoric ester groups is 1. The number of amides is 1. The van der Waals surface area contributed by atoms with Crippen molar-refractivity contribution in [2.45, 2.75) is 217 Å². The van der Waals surface area contributed by atoms with E-state index in [1.54, 1.807) is 0 Å². The fraction of sp³-hybridized carbons (Fsp3) is 0.972. The minimum atomic E-state index is -5.04. The van der Waals surface area contributed by atoms with Crippen LogP contribution in [-0.2, 0) is 18.4 Å². The van der Waals surface area contributed by atoms with Crippen molar-refractivity contribution < 1.29 is 53.9 Å². The van der Waals surface area contributed by atoms with Crippen LogP contribution in [0.2, 0.25) is 0 Å². The Morgan fingerprint density at radius 1 is 0.612 bits per heavy atom. The van der Waals surface area contributed by atoms with E-state index in [1.807, 2.05) is 0 Å². The van der Waals surface area contributed by atoms with Gasteiger partial charge >= 0.3 is 7.82 Å². The average molecular weight is 726 g/mol. The van der Waals surface area contributed by atoms with Gasteiger partial charge < -0.3 is 40.8 Å². The highest BCUT2D eigenvalue weighted by atomic mass is 31.2. The summed E-state index contributed by atoms with van der Waals surface area (Å²) in [6.07, 6.45) is 13.0. The van der Waals surface area contributed by atoms with E-state index in [9.17, 15) is 44.9 Å². The summed E-state index contributed by atoms with van der Waals surface area (Å²) in [7, 11) is -5.04. The molecule has 0 bridgehead atoms. The van der Waals surface area contributed by atoms with Gasteiger partial charge in [-0.1, -0.05) is 149 Å². The van der Waals surface area contributed by atoms with Gasteiger partial charge in [0.15, 0.2) is 0 Å². The molecule has 1 amide bonds. The van der Waals surface area contributed by atoms with Gasteiger partial charge in [-0.15, -0.1) is 0 Å². The maximum absolute atomic E-state index is 12.8. The number of hydrogen-bond acceptors (Lipinski definition) is 10. The second kappa shape index (κ2) is 27.9. The number of nitrogens with one attached hydrogen (secondary N) is 1. The molecule has 1 aliphatic carbocycles. The molecule has 0 radical (unpaired) electrons. The Morgan fingerprint density at radius 2 is 0.980 bits per heavy atom. The standard InChI is InChI=1S/C36H72NO11P/c1-3-5-7-9-11-13-15-16-18-20-22-24-26-30(39)37-28(29(38)25-23-21-19-17-14-12-10-8-6-4-2)27-47-49(45,46)48-36-34(43)32(41)31(40)33(42)35(36)44/h28-29,31-36,38,40-44H,3-27H2,1-2H3,(H,37,39)(H,45,46)/t28-,29+,31?,32+,33?,34?,35?,36?/m0/s1. The summed E-state index contributed by atoms with van der Waals surface area (Å²) in [6, 6.07) is -1.02. The first kappa shape index (κ1) is 46.4. The third-order valence-corrected chi connectivity index (χ3v) is 10.7. The highest BCUT2D eigenvalue weighted by molar-refractivity contribution is 7.47. The van der Waals surface area contributed by atoms with E-state index in [4.69, 9.17) is 9.05 Å². The molecule has 49 heavy (non-hydrogen) atoms. The second-order valence-corrected chi connectivity index (χ2v) is 15.5. The predicted molar refractivity (Wildman–Crippen MR) is 191 cm³/mol. The smallest absolute Gasteiger partial charge is 0.391 e. The van der Waals surface area contributed by atoms with E-state index >= 15 is 0 Å². The van der Waals surface area contributed by atoms with Gasteiger partial charge in [-0.05, 0) is 12.8 Å². The Bertz CT molecular complexity index is 853. The predicted octanol–water partition coefficient (Wildman–Crippen LogP) is 5.55. The van der Waals surface area contributed by atoms with Crippen LogP contribution >= 0.6 is 7.82 Å². The number of carbonyl (C=O) groups excluding carboxylic acids is 1. The number of phosphoric acid groups is 1. The van der Waals surface area contributed by atoms with E-state index < -0.39 is 63.2 Å². The number of aliphatic hydroxyl groups excluding tert-OH is 6. The van der Waals surface area contributed by atoms with Gasteiger partial charge in [0.05, 0.1) is 18.8 Å². The maximum Gasteiger partial charge on any atom is 0.472 e. The zero-order valence-corrected chi connectivity index (χ0v) is 31.4. The van der Waals surface area contributed by atoms with Gasteiger partial charge in [0.1, 0.15) is 36.6 Å². The molecule has 292 valence electrons. The highest BCUT2D eigenvalue weighted by Crippen LogP contribution is 2.47. The number of aliphatic hydroxyl groups is 6. The Labute approximate surface area is 296 Å². The summed E-state index contributed by atoms with van der Waals surface area (Å²) in [6.45, 7) is 3.83. The quantitative estimate of drug-likeness (QED) is 0.0328. The van der Waals surface area contributed by atoms with Gasteiger partial charge in [0, 0.05) is 6.42 Å². The lowest BCUT2D eigenvalue weighted by Gasteiger charge is -2.41. The van der Waals surface area contributed by atoms with Crippen molar-refractivity contribution in [3.05, 3.63) is 0 Å². The molecule has 0 saturated heterocycles. The molecule has 12 nitrogen and oxygen atoms in total. The third-order valence-electron chi connectivity index (χ3n) is 9.67. The summed E-state index contributed by atoms with van der Waals surface area (Å²) in [5, 5.41) is 63.7. The summed E-state index contributed by atoms with van der Waals surface area (Å²) in [5.74, 6) is -0.310. The van der Waals surface area contributed by atoms with E-state index in [0.29, 0.717) is 19.3 Å². The van der Waals surface area contributed by atoms with Crippen LogP contribution in [0.15, 0.2) is 0 Å². The molecule has 0 aromatic carbocycles. The maximum atomic E-state index is 12.8. The molecule has 13 heteroatoms. The molecule has 0 aromatic rings. The molecule has 1 saturated carbocycles. The van der Waals surface area contributed by atoms with Gasteiger partial charge in [-0.2, -0.15) is 0 Å².